The maximum absolute atomic E-state index is 13.9. The van der Waals surface area contributed by atoms with Crippen molar-refractivity contribution in [1.82, 2.24) is 25.1 Å². The van der Waals surface area contributed by atoms with Crippen LogP contribution < -0.4 is 14.8 Å². The van der Waals surface area contributed by atoms with Gasteiger partial charge in [-0.3, -0.25) is 9.59 Å². The van der Waals surface area contributed by atoms with E-state index in [4.69, 9.17) is 19.0 Å². The zero-order valence-electron chi connectivity index (χ0n) is 26.0. The fourth-order valence-corrected chi connectivity index (χ4v) is 6.13. The van der Waals surface area contributed by atoms with E-state index in [1.165, 1.54) is 18.0 Å². The first-order valence-electron chi connectivity index (χ1n) is 15.1. The van der Waals surface area contributed by atoms with Crippen molar-refractivity contribution in [3.8, 4) is 11.5 Å². The van der Waals surface area contributed by atoms with Gasteiger partial charge in [0.1, 0.15) is 11.5 Å². The summed E-state index contributed by atoms with van der Waals surface area (Å²) in [5, 5.41) is 18.6. The lowest BCUT2D eigenvalue weighted by molar-refractivity contribution is -0.130. The van der Waals surface area contributed by atoms with Crippen LogP contribution in [0.5, 0.6) is 11.5 Å². The Morgan fingerprint density at radius 2 is 1.64 bits per heavy atom. The molecule has 1 aliphatic rings. The number of ether oxygens (including phenoxy) is 2. The number of rotatable bonds is 13. The number of carbonyl (C=O) groups excluding carboxylic acids is 2. The van der Waals surface area contributed by atoms with Crippen molar-refractivity contribution < 1.29 is 23.5 Å². The molecule has 1 atom stereocenters. The van der Waals surface area contributed by atoms with Crippen LogP contribution in [-0.4, -0.2) is 57.3 Å². The molecule has 240 valence electrons. The third-order valence-electron chi connectivity index (χ3n) is 7.83. The molecular weight excluding hydrogens is 616 g/mol. The fraction of sp³-hybridized carbons (Fsp3) is 0.229. The molecule has 12 heteroatoms. The summed E-state index contributed by atoms with van der Waals surface area (Å²) in [6, 6.07) is 28.4. The number of aromatic nitrogens is 3. The Morgan fingerprint density at radius 1 is 0.915 bits per heavy atom. The second kappa shape index (κ2) is 14.8. The van der Waals surface area contributed by atoms with Crippen molar-refractivity contribution in [1.29, 1.82) is 0 Å². The highest BCUT2D eigenvalue weighted by atomic mass is 32.2. The zero-order valence-corrected chi connectivity index (χ0v) is 26.9. The van der Waals surface area contributed by atoms with Crippen LogP contribution in [0.15, 0.2) is 112 Å². The maximum Gasteiger partial charge on any atom is 0.287 e. The van der Waals surface area contributed by atoms with E-state index in [1.54, 1.807) is 31.4 Å². The highest BCUT2D eigenvalue weighted by Gasteiger charge is 2.33. The van der Waals surface area contributed by atoms with Crippen LogP contribution in [-0.2, 0) is 24.3 Å². The van der Waals surface area contributed by atoms with Gasteiger partial charge in [0.2, 0.25) is 0 Å². The molecule has 5 aromatic rings. The molecule has 6 rings (SSSR count). The summed E-state index contributed by atoms with van der Waals surface area (Å²) in [5.41, 5.74) is 3.84. The maximum atomic E-state index is 13.9. The largest absolute Gasteiger partial charge is 0.497 e. The molecule has 0 spiro atoms. The summed E-state index contributed by atoms with van der Waals surface area (Å²) in [6.45, 7) is 0.717. The number of amides is 2. The van der Waals surface area contributed by atoms with Gasteiger partial charge in [0.25, 0.3) is 11.8 Å². The van der Waals surface area contributed by atoms with Gasteiger partial charge in [-0.25, -0.2) is 5.01 Å². The third-order valence-corrected chi connectivity index (χ3v) is 8.78. The van der Waals surface area contributed by atoms with Gasteiger partial charge >= 0.3 is 0 Å². The fourth-order valence-electron chi connectivity index (χ4n) is 5.30. The molecule has 3 aromatic carbocycles. The predicted molar refractivity (Wildman–Crippen MR) is 177 cm³/mol. The summed E-state index contributed by atoms with van der Waals surface area (Å²) < 4.78 is 17.8. The number of nitrogens with zero attached hydrogens (tertiary/aromatic N) is 5. The number of carbonyl (C=O) groups is 2. The quantitative estimate of drug-likeness (QED) is 0.165. The monoisotopic (exact) mass is 650 g/mol. The Bertz CT molecular complexity index is 1820. The van der Waals surface area contributed by atoms with Gasteiger partial charge in [-0.15, -0.1) is 10.2 Å². The van der Waals surface area contributed by atoms with Crippen molar-refractivity contribution in [3.63, 3.8) is 0 Å². The lowest BCUT2D eigenvalue weighted by atomic mass is 9.98. The number of aryl methyl sites for hydroxylation is 1. The molecule has 1 N–H and O–H groups in total. The Labute approximate surface area is 276 Å². The van der Waals surface area contributed by atoms with Crippen LogP contribution in [0.25, 0.3) is 0 Å². The van der Waals surface area contributed by atoms with E-state index < -0.39 is 0 Å². The van der Waals surface area contributed by atoms with Crippen LogP contribution in [0, 0.1) is 0 Å². The average Bonchev–Trinajstić information content (AvgIpc) is 3.90. The van der Waals surface area contributed by atoms with Gasteiger partial charge in [-0.1, -0.05) is 54.2 Å². The summed E-state index contributed by atoms with van der Waals surface area (Å²) in [4.78, 5) is 26.4. The number of hydrogen-bond donors (Lipinski definition) is 1. The minimum absolute atomic E-state index is 0.0915. The first-order chi connectivity index (χ1) is 23.0. The summed E-state index contributed by atoms with van der Waals surface area (Å²) >= 11 is 1.30. The van der Waals surface area contributed by atoms with Gasteiger partial charge in [0, 0.05) is 13.0 Å². The highest BCUT2D eigenvalue weighted by molar-refractivity contribution is 7.99. The SMILES string of the molecule is COc1ccc(C2=NN(C(=O)CSc3nnc(CNC(=O)c4ccco4)n3CCc3ccccc3)C(c3ccc(OC)cc3)C2)cc1. The molecule has 1 aliphatic heterocycles. The Morgan fingerprint density at radius 3 is 2.32 bits per heavy atom. The van der Waals surface area contributed by atoms with E-state index in [9.17, 15) is 9.59 Å². The molecule has 0 saturated heterocycles. The first kappa shape index (κ1) is 31.6. The van der Waals surface area contributed by atoms with Crippen molar-refractivity contribution in [3.05, 3.63) is 126 Å². The first-order valence-corrected chi connectivity index (χ1v) is 16.1. The molecule has 2 amide bonds. The number of hydrogen-bond acceptors (Lipinski definition) is 9. The molecule has 2 aromatic heterocycles. The van der Waals surface area contributed by atoms with Crippen LogP contribution in [0.1, 0.15) is 45.5 Å². The van der Waals surface area contributed by atoms with Gasteiger partial charge in [-0.05, 0) is 71.6 Å². The lowest BCUT2D eigenvalue weighted by Gasteiger charge is -2.22. The van der Waals surface area contributed by atoms with Gasteiger partial charge < -0.3 is 23.8 Å². The summed E-state index contributed by atoms with van der Waals surface area (Å²) in [5.74, 6) is 1.86. The van der Waals surface area contributed by atoms with Crippen LogP contribution in [0.3, 0.4) is 0 Å². The van der Waals surface area contributed by atoms with Crippen LogP contribution >= 0.6 is 11.8 Å². The number of furan rings is 1. The Balaban J connectivity index is 1.21. The number of nitrogens with one attached hydrogen (secondary N) is 1. The standard InChI is InChI=1S/C35H34N6O5S/c1-44-27-14-10-25(11-15-27)29-21-30(26-12-16-28(45-2)17-13-26)41(39-29)33(42)23-47-35-38-37-32(22-36-34(43)31-9-6-20-46-31)40(35)19-18-24-7-4-3-5-8-24/h3-17,20,30H,18-19,21-23H2,1-2H3,(H,36,43). The molecule has 3 heterocycles. The number of benzene rings is 3. The van der Waals surface area contributed by atoms with Crippen molar-refractivity contribution in [2.24, 2.45) is 5.10 Å². The van der Waals surface area contributed by atoms with Gasteiger partial charge in [0.15, 0.2) is 16.7 Å². The minimum Gasteiger partial charge on any atom is -0.497 e. The average molecular weight is 651 g/mol. The predicted octanol–water partition coefficient (Wildman–Crippen LogP) is 5.53. The van der Waals surface area contributed by atoms with E-state index in [0.717, 1.165) is 40.3 Å². The van der Waals surface area contributed by atoms with E-state index in [0.29, 0.717) is 23.9 Å². The molecule has 0 radical (unpaired) electrons. The number of thioether (sulfide) groups is 1. The number of hydrazone groups is 1. The smallest absolute Gasteiger partial charge is 0.287 e. The van der Waals surface area contributed by atoms with Crippen molar-refractivity contribution in [2.45, 2.75) is 37.1 Å². The summed E-state index contributed by atoms with van der Waals surface area (Å²) in [7, 11) is 3.25. The van der Waals surface area contributed by atoms with E-state index >= 15 is 0 Å². The molecular formula is C35H34N6O5S. The van der Waals surface area contributed by atoms with Crippen LogP contribution in [0.2, 0.25) is 0 Å². The van der Waals surface area contributed by atoms with Gasteiger partial charge in [0.05, 0.1) is 44.5 Å². The molecule has 0 fully saturated rings. The highest BCUT2D eigenvalue weighted by Crippen LogP contribution is 2.35. The molecule has 0 aliphatic carbocycles. The van der Waals surface area contributed by atoms with E-state index in [2.05, 4.69) is 27.6 Å². The molecule has 0 saturated carbocycles. The third kappa shape index (κ3) is 7.55. The topological polar surface area (TPSA) is 124 Å². The van der Waals surface area contributed by atoms with Crippen LogP contribution in [0.4, 0.5) is 0 Å². The minimum atomic E-state index is -0.346. The lowest BCUT2D eigenvalue weighted by Crippen LogP contribution is -2.28. The van der Waals surface area contributed by atoms with E-state index in [1.807, 2.05) is 71.3 Å². The second-order valence-corrected chi connectivity index (χ2v) is 11.7. The summed E-state index contributed by atoms with van der Waals surface area (Å²) in [6.07, 6.45) is 2.73. The molecule has 0 bridgehead atoms. The Hall–Kier alpha value is -5.36. The molecule has 47 heavy (non-hydrogen) atoms. The van der Waals surface area contributed by atoms with Gasteiger partial charge in [-0.2, -0.15) is 5.10 Å². The zero-order chi connectivity index (χ0) is 32.6. The normalized spacial score (nSPS) is 14.1. The van der Waals surface area contributed by atoms with Crippen molar-refractivity contribution in [2.75, 3.05) is 20.0 Å². The second-order valence-electron chi connectivity index (χ2n) is 10.7. The molecule has 11 nitrogen and oxygen atoms in total. The number of methoxy groups -OCH3 is 2. The van der Waals surface area contributed by atoms with E-state index in [-0.39, 0.29) is 35.9 Å². The van der Waals surface area contributed by atoms with Crippen molar-refractivity contribution >= 4 is 29.3 Å². The molecule has 1 unspecified atom stereocenters. The Kier molecular flexibility index (Phi) is 9.97.